The number of aryl methyl sites for hydroxylation is 1. The number of rotatable bonds is 6. The topological polar surface area (TPSA) is 66.1 Å². The average molecular weight is 499 g/mol. The average Bonchev–Trinajstić information content (AvgIpc) is 3.19. The Kier molecular flexibility index (Phi) is 9.04. The highest BCUT2D eigenvalue weighted by Gasteiger charge is 2.20. The van der Waals surface area contributed by atoms with Gasteiger partial charge in [-0.05, 0) is 25.0 Å². The Labute approximate surface area is 184 Å². The number of piperazine rings is 1. The van der Waals surface area contributed by atoms with Crippen LogP contribution in [0.1, 0.15) is 16.8 Å². The van der Waals surface area contributed by atoms with Crippen LogP contribution in [0.2, 0.25) is 0 Å². The van der Waals surface area contributed by atoms with Crippen LogP contribution < -0.4 is 10.1 Å². The quantitative estimate of drug-likeness (QED) is 0.375. The van der Waals surface area contributed by atoms with Gasteiger partial charge in [-0.2, -0.15) is 0 Å². The lowest BCUT2D eigenvalue weighted by molar-refractivity contribution is 0.169. The van der Waals surface area contributed by atoms with Crippen LogP contribution in [-0.4, -0.2) is 67.8 Å². The van der Waals surface area contributed by atoms with Gasteiger partial charge in [0.05, 0.1) is 12.8 Å². The number of benzene rings is 1. The molecule has 1 aliphatic heterocycles. The lowest BCUT2D eigenvalue weighted by atomic mass is 10.1. The number of methoxy groups -OCH3 is 1. The minimum absolute atomic E-state index is 0. The van der Waals surface area contributed by atoms with Gasteiger partial charge < -0.3 is 19.5 Å². The molecule has 1 N–H and O–H groups in total. The minimum atomic E-state index is 0. The zero-order valence-electron chi connectivity index (χ0n) is 16.9. The number of aromatic nitrogens is 1. The summed E-state index contributed by atoms with van der Waals surface area (Å²) in [5.41, 5.74) is 3.45. The molecule has 2 heterocycles. The summed E-state index contributed by atoms with van der Waals surface area (Å²) in [6.45, 7) is 7.64. The maximum Gasteiger partial charge on any atom is 0.193 e. The fourth-order valence-electron chi connectivity index (χ4n) is 3.41. The maximum atomic E-state index is 5.47. The fourth-order valence-corrected chi connectivity index (χ4v) is 3.41. The third kappa shape index (κ3) is 6.10. The molecular weight excluding hydrogens is 469 g/mol. The highest BCUT2D eigenvalue weighted by molar-refractivity contribution is 14.0. The molecule has 1 fully saturated rings. The van der Waals surface area contributed by atoms with Crippen LogP contribution in [0.15, 0.2) is 40.0 Å². The first-order valence-electron chi connectivity index (χ1n) is 9.40. The molecule has 0 aliphatic carbocycles. The summed E-state index contributed by atoms with van der Waals surface area (Å²) >= 11 is 0. The van der Waals surface area contributed by atoms with Crippen LogP contribution in [0.25, 0.3) is 0 Å². The first kappa shape index (κ1) is 22.5. The van der Waals surface area contributed by atoms with Gasteiger partial charge >= 0.3 is 0 Å². The highest BCUT2D eigenvalue weighted by atomic mass is 127. The minimum Gasteiger partial charge on any atom is -0.496 e. The molecule has 28 heavy (non-hydrogen) atoms. The molecule has 1 aromatic carbocycles. The van der Waals surface area contributed by atoms with E-state index in [2.05, 4.69) is 44.3 Å². The van der Waals surface area contributed by atoms with Gasteiger partial charge in [-0.25, -0.2) is 0 Å². The van der Waals surface area contributed by atoms with Crippen molar-refractivity contribution in [3.63, 3.8) is 0 Å². The molecule has 0 atom stereocenters. The second-order valence-corrected chi connectivity index (χ2v) is 6.79. The lowest BCUT2D eigenvalue weighted by Crippen LogP contribution is -2.52. The van der Waals surface area contributed by atoms with Crippen LogP contribution >= 0.6 is 24.0 Å². The number of ether oxygens (including phenoxy) is 1. The largest absolute Gasteiger partial charge is 0.496 e. The van der Waals surface area contributed by atoms with Crippen molar-refractivity contribution in [3.8, 4) is 5.75 Å². The van der Waals surface area contributed by atoms with E-state index in [9.17, 15) is 0 Å². The molecule has 1 aromatic heterocycles. The molecule has 8 heteroatoms. The Morgan fingerprint density at radius 1 is 1.25 bits per heavy atom. The normalized spacial score (nSPS) is 15.2. The third-order valence-electron chi connectivity index (χ3n) is 4.87. The second kappa shape index (κ2) is 11.3. The SMILES string of the molecule is CN=C(NCCc1cc(C)ccc1OC)N1CCN(Cc2ccon2)CC1.I. The number of nitrogens with zero attached hydrogens (tertiary/aromatic N) is 4. The van der Waals surface area contributed by atoms with Crippen LogP contribution in [-0.2, 0) is 13.0 Å². The predicted octanol–water partition coefficient (Wildman–Crippen LogP) is 2.55. The van der Waals surface area contributed by atoms with E-state index < -0.39 is 0 Å². The lowest BCUT2D eigenvalue weighted by Gasteiger charge is -2.36. The van der Waals surface area contributed by atoms with Crippen molar-refractivity contribution < 1.29 is 9.26 Å². The molecule has 0 unspecified atom stereocenters. The Morgan fingerprint density at radius 3 is 2.68 bits per heavy atom. The van der Waals surface area contributed by atoms with E-state index in [4.69, 9.17) is 9.26 Å². The Bertz CT molecular complexity index is 743. The number of halogens is 1. The summed E-state index contributed by atoms with van der Waals surface area (Å²) in [5, 5.41) is 7.49. The van der Waals surface area contributed by atoms with Crippen molar-refractivity contribution in [2.75, 3.05) is 46.9 Å². The third-order valence-corrected chi connectivity index (χ3v) is 4.87. The molecule has 1 aliphatic rings. The molecule has 0 spiro atoms. The van der Waals surface area contributed by atoms with Crippen molar-refractivity contribution in [1.82, 2.24) is 20.3 Å². The van der Waals surface area contributed by atoms with Crippen molar-refractivity contribution in [2.24, 2.45) is 4.99 Å². The van der Waals surface area contributed by atoms with Crippen LogP contribution in [0.4, 0.5) is 0 Å². The van der Waals surface area contributed by atoms with Crippen LogP contribution in [0.3, 0.4) is 0 Å². The summed E-state index contributed by atoms with van der Waals surface area (Å²) in [4.78, 5) is 9.16. The summed E-state index contributed by atoms with van der Waals surface area (Å²) < 4.78 is 10.4. The van der Waals surface area contributed by atoms with E-state index in [0.29, 0.717) is 0 Å². The first-order chi connectivity index (χ1) is 13.2. The maximum absolute atomic E-state index is 5.47. The Hall–Kier alpha value is -1.81. The zero-order chi connectivity index (χ0) is 19.1. The zero-order valence-corrected chi connectivity index (χ0v) is 19.2. The summed E-state index contributed by atoms with van der Waals surface area (Å²) in [5.74, 6) is 1.90. The van der Waals surface area contributed by atoms with Crippen molar-refractivity contribution in [2.45, 2.75) is 19.9 Å². The molecule has 0 saturated carbocycles. The van der Waals surface area contributed by atoms with Gasteiger partial charge in [-0.3, -0.25) is 9.89 Å². The van der Waals surface area contributed by atoms with Gasteiger partial charge in [0, 0.05) is 52.4 Å². The van der Waals surface area contributed by atoms with Crippen LogP contribution in [0.5, 0.6) is 5.75 Å². The smallest absolute Gasteiger partial charge is 0.193 e. The Balaban J connectivity index is 0.00000280. The summed E-state index contributed by atoms with van der Waals surface area (Å²) in [6.07, 6.45) is 2.52. The Morgan fingerprint density at radius 2 is 2.04 bits per heavy atom. The van der Waals surface area contributed by atoms with E-state index in [1.165, 1.54) is 11.1 Å². The molecule has 154 valence electrons. The van der Waals surface area contributed by atoms with E-state index in [0.717, 1.165) is 63.1 Å². The molecule has 0 bridgehead atoms. The van der Waals surface area contributed by atoms with Crippen molar-refractivity contribution >= 4 is 29.9 Å². The van der Waals surface area contributed by atoms with E-state index in [1.807, 2.05) is 19.2 Å². The molecule has 0 amide bonds. The molecule has 1 saturated heterocycles. The summed E-state index contributed by atoms with van der Waals surface area (Å²) in [6, 6.07) is 8.22. The molecule has 7 nitrogen and oxygen atoms in total. The number of guanidine groups is 1. The molecular formula is C20H30IN5O2. The highest BCUT2D eigenvalue weighted by Crippen LogP contribution is 2.19. The molecule has 0 radical (unpaired) electrons. The second-order valence-electron chi connectivity index (χ2n) is 6.79. The fraction of sp³-hybridized carbons (Fsp3) is 0.500. The van der Waals surface area contributed by atoms with Crippen molar-refractivity contribution in [3.05, 3.63) is 47.3 Å². The molecule has 3 rings (SSSR count). The number of aliphatic imine (C=N–C) groups is 1. The van der Waals surface area contributed by atoms with Gasteiger partial charge in [0.2, 0.25) is 0 Å². The first-order valence-corrected chi connectivity index (χ1v) is 9.40. The van der Waals surface area contributed by atoms with E-state index >= 15 is 0 Å². The van der Waals surface area contributed by atoms with Gasteiger partial charge in [0.25, 0.3) is 0 Å². The van der Waals surface area contributed by atoms with E-state index in [1.54, 1.807) is 13.4 Å². The summed E-state index contributed by atoms with van der Waals surface area (Å²) in [7, 11) is 3.57. The van der Waals surface area contributed by atoms with Gasteiger partial charge in [-0.1, -0.05) is 22.9 Å². The van der Waals surface area contributed by atoms with Gasteiger partial charge in [0.15, 0.2) is 5.96 Å². The molecule has 2 aromatic rings. The van der Waals surface area contributed by atoms with Gasteiger partial charge in [0.1, 0.15) is 12.0 Å². The monoisotopic (exact) mass is 499 g/mol. The van der Waals surface area contributed by atoms with Crippen LogP contribution in [0, 0.1) is 6.92 Å². The number of nitrogens with one attached hydrogen (secondary N) is 1. The van der Waals surface area contributed by atoms with E-state index in [-0.39, 0.29) is 24.0 Å². The number of hydrogen-bond donors (Lipinski definition) is 1. The number of hydrogen-bond acceptors (Lipinski definition) is 5. The standard InChI is InChI=1S/C20H29N5O2.HI/c1-16-4-5-19(26-3)17(14-16)6-8-22-20(21-2)25-11-9-24(10-12-25)15-18-7-13-27-23-18;/h4-5,7,13-14H,6,8-12,15H2,1-3H3,(H,21,22);1H. The predicted molar refractivity (Wildman–Crippen MR) is 122 cm³/mol. The van der Waals surface area contributed by atoms with Crippen molar-refractivity contribution in [1.29, 1.82) is 0 Å². The van der Waals surface area contributed by atoms with Gasteiger partial charge in [-0.15, -0.1) is 24.0 Å².